The largest absolute Gasteiger partial charge is 0.298 e. The van der Waals surface area contributed by atoms with E-state index in [1.54, 1.807) is 0 Å². The molecule has 0 aliphatic rings. The van der Waals surface area contributed by atoms with Crippen molar-refractivity contribution in [1.29, 1.82) is 0 Å². The summed E-state index contributed by atoms with van der Waals surface area (Å²) in [6, 6.07) is 11.9. The molecule has 0 aromatic heterocycles. The number of benzene rings is 2. The summed E-state index contributed by atoms with van der Waals surface area (Å²) in [5, 5.41) is 2.31. The number of hydrogen-bond acceptors (Lipinski definition) is 1. The molecular weight excluding hydrogens is 196 g/mol. The Morgan fingerprint density at radius 1 is 1.00 bits per heavy atom. The van der Waals surface area contributed by atoms with E-state index in [0.717, 1.165) is 17.2 Å². The molecule has 0 atom stereocenters. The van der Waals surface area contributed by atoms with Gasteiger partial charge in [-0.2, -0.15) is 0 Å². The van der Waals surface area contributed by atoms with E-state index in [0.29, 0.717) is 0 Å². The van der Waals surface area contributed by atoms with Gasteiger partial charge < -0.3 is 0 Å². The van der Waals surface area contributed by atoms with Gasteiger partial charge in [0.15, 0.2) is 0 Å². The van der Waals surface area contributed by atoms with Crippen LogP contribution in [0.4, 0.5) is 0 Å². The number of carbonyl (C=O) groups is 1. The van der Waals surface area contributed by atoms with Gasteiger partial charge in [-0.15, -0.1) is 12.4 Å². The molecule has 2 heteroatoms. The van der Waals surface area contributed by atoms with Gasteiger partial charge in [0.25, 0.3) is 0 Å². The van der Waals surface area contributed by atoms with E-state index in [4.69, 9.17) is 0 Å². The molecule has 0 heterocycles. The first-order chi connectivity index (χ1) is 6.29. The van der Waals surface area contributed by atoms with Gasteiger partial charge in [-0.25, -0.2) is 0 Å². The van der Waals surface area contributed by atoms with Crippen LogP contribution >= 0.6 is 12.4 Å². The fourth-order valence-corrected chi connectivity index (χ4v) is 1.46. The monoisotopic (exact) mass is 206 g/mol. The highest BCUT2D eigenvalue weighted by Crippen LogP contribution is 2.16. The molecule has 0 amide bonds. The van der Waals surface area contributed by atoms with Crippen molar-refractivity contribution in [2.45, 2.75) is 6.92 Å². The van der Waals surface area contributed by atoms with Crippen LogP contribution in [0.15, 0.2) is 36.4 Å². The molecule has 0 saturated carbocycles. The lowest BCUT2D eigenvalue weighted by atomic mass is 10.1. The predicted octanol–water partition coefficient (Wildman–Crippen LogP) is 3.38. The first kappa shape index (κ1) is 10.7. The van der Waals surface area contributed by atoms with Crippen molar-refractivity contribution in [3.05, 3.63) is 47.5 Å². The minimum absolute atomic E-state index is 0. The molecule has 0 radical (unpaired) electrons. The minimum Gasteiger partial charge on any atom is -0.298 e. The Labute approximate surface area is 89.2 Å². The molecule has 0 aliphatic heterocycles. The molecule has 0 aliphatic carbocycles. The van der Waals surface area contributed by atoms with Crippen LogP contribution < -0.4 is 0 Å². The van der Waals surface area contributed by atoms with Gasteiger partial charge in [0, 0.05) is 5.56 Å². The Hall–Kier alpha value is -1.34. The van der Waals surface area contributed by atoms with Crippen LogP contribution in [0, 0.1) is 6.92 Å². The van der Waals surface area contributed by atoms with Crippen LogP contribution in [0.1, 0.15) is 15.9 Å². The first-order valence-corrected chi connectivity index (χ1v) is 4.25. The summed E-state index contributed by atoms with van der Waals surface area (Å²) in [5.41, 5.74) is 1.97. The Kier molecular flexibility index (Phi) is 3.26. The number of aryl methyl sites for hydroxylation is 1. The first-order valence-electron chi connectivity index (χ1n) is 4.25. The van der Waals surface area contributed by atoms with Gasteiger partial charge in [0.05, 0.1) is 0 Å². The smallest absolute Gasteiger partial charge is 0.150 e. The van der Waals surface area contributed by atoms with Crippen LogP contribution in [-0.4, -0.2) is 6.29 Å². The maximum Gasteiger partial charge on any atom is 0.150 e. The van der Waals surface area contributed by atoms with Crippen LogP contribution in [0.3, 0.4) is 0 Å². The second-order valence-electron chi connectivity index (χ2n) is 3.23. The van der Waals surface area contributed by atoms with E-state index in [-0.39, 0.29) is 12.4 Å². The molecule has 0 saturated heterocycles. The van der Waals surface area contributed by atoms with Crippen molar-refractivity contribution < 1.29 is 4.79 Å². The summed E-state index contributed by atoms with van der Waals surface area (Å²) in [5.74, 6) is 0. The highest BCUT2D eigenvalue weighted by atomic mass is 35.5. The van der Waals surface area contributed by atoms with E-state index in [1.807, 2.05) is 24.3 Å². The molecule has 0 spiro atoms. The number of rotatable bonds is 1. The zero-order valence-corrected chi connectivity index (χ0v) is 8.67. The minimum atomic E-state index is 0. The van der Waals surface area contributed by atoms with Crippen LogP contribution in [-0.2, 0) is 0 Å². The fourth-order valence-electron chi connectivity index (χ4n) is 1.46. The zero-order chi connectivity index (χ0) is 9.26. The topological polar surface area (TPSA) is 17.1 Å². The highest BCUT2D eigenvalue weighted by molar-refractivity contribution is 5.89. The second kappa shape index (κ2) is 4.25. The standard InChI is InChI=1S/C12H10O.ClH/c1-9-2-4-12-7-10(8-13)3-5-11(12)6-9;/h2-8H,1H3;1H. The molecule has 2 rings (SSSR count). The molecule has 72 valence electrons. The van der Waals surface area contributed by atoms with Gasteiger partial charge in [-0.05, 0) is 23.8 Å². The number of halogens is 1. The Morgan fingerprint density at radius 3 is 2.36 bits per heavy atom. The third-order valence-electron chi connectivity index (χ3n) is 2.16. The van der Waals surface area contributed by atoms with Crippen molar-refractivity contribution >= 4 is 29.5 Å². The van der Waals surface area contributed by atoms with Gasteiger partial charge in [-0.3, -0.25) is 4.79 Å². The Morgan fingerprint density at radius 2 is 1.64 bits per heavy atom. The average molecular weight is 207 g/mol. The third kappa shape index (κ3) is 1.94. The number of hydrogen-bond donors (Lipinski definition) is 0. The summed E-state index contributed by atoms with van der Waals surface area (Å²) in [6.45, 7) is 2.06. The van der Waals surface area contributed by atoms with E-state index in [9.17, 15) is 4.79 Å². The summed E-state index contributed by atoms with van der Waals surface area (Å²) < 4.78 is 0. The van der Waals surface area contributed by atoms with Crippen molar-refractivity contribution in [2.24, 2.45) is 0 Å². The Balaban J connectivity index is 0.000000980. The molecule has 0 N–H and O–H groups in total. The number of carbonyl (C=O) groups excluding carboxylic acids is 1. The quantitative estimate of drug-likeness (QED) is 0.654. The van der Waals surface area contributed by atoms with E-state index in [1.165, 1.54) is 10.9 Å². The van der Waals surface area contributed by atoms with Crippen molar-refractivity contribution in [2.75, 3.05) is 0 Å². The molecule has 2 aromatic rings. The van der Waals surface area contributed by atoms with Crippen molar-refractivity contribution in [3.63, 3.8) is 0 Å². The Bertz CT molecular complexity index is 463. The summed E-state index contributed by atoms with van der Waals surface area (Å²) >= 11 is 0. The molecule has 2 aromatic carbocycles. The summed E-state index contributed by atoms with van der Waals surface area (Å²) in [6.07, 6.45) is 0.874. The molecule has 0 unspecified atom stereocenters. The van der Waals surface area contributed by atoms with E-state index >= 15 is 0 Å². The maximum atomic E-state index is 10.5. The van der Waals surface area contributed by atoms with Gasteiger partial charge in [0.1, 0.15) is 6.29 Å². The molecule has 0 fully saturated rings. The van der Waals surface area contributed by atoms with Gasteiger partial charge in [0.2, 0.25) is 0 Å². The third-order valence-corrected chi connectivity index (χ3v) is 2.16. The lowest BCUT2D eigenvalue weighted by molar-refractivity contribution is 0.112. The molecular formula is C12H11ClO. The summed E-state index contributed by atoms with van der Waals surface area (Å²) in [7, 11) is 0. The maximum absolute atomic E-state index is 10.5. The van der Waals surface area contributed by atoms with E-state index in [2.05, 4.69) is 19.1 Å². The average Bonchev–Trinajstić information content (AvgIpc) is 2.17. The van der Waals surface area contributed by atoms with Crippen molar-refractivity contribution in [3.8, 4) is 0 Å². The fraction of sp³-hybridized carbons (Fsp3) is 0.0833. The molecule has 14 heavy (non-hydrogen) atoms. The van der Waals surface area contributed by atoms with Gasteiger partial charge >= 0.3 is 0 Å². The molecule has 1 nitrogen and oxygen atoms in total. The lowest BCUT2D eigenvalue weighted by Gasteiger charge is -1.99. The van der Waals surface area contributed by atoms with Crippen LogP contribution in [0.2, 0.25) is 0 Å². The van der Waals surface area contributed by atoms with E-state index < -0.39 is 0 Å². The van der Waals surface area contributed by atoms with Crippen LogP contribution in [0.5, 0.6) is 0 Å². The normalized spacial score (nSPS) is 9.50. The van der Waals surface area contributed by atoms with Gasteiger partial charge in [-0.1, -0.05) is 35.9 Å². The summed E-state index contributed by atoms with van der Waals surface area (Å²) in [4.78, 5) is 10.5. The number of aldehydes is 1. The van der Waals surface area contributed by atoms with Crippen molar-refractivity contribution in [1.82, 2.24) is 0 Å². The number of fused-ring (bicyclic) bond motifs is 1. The second-order valence-corrected chi connectivity index (χ2v) is 3.23. The molecule has 0 bridgehead atoms. The highest BCUT2D eigenvalue weighted by Gasteiger charge is 1.95. The predicted molar refractivity (Wildman–Crippen MR) is 61.3 cm³/mol. The lowest BCUT2D eigenvalue weighted by Crippen LogP contribution is -1.80. The zero-order valence-electron chi connectivity index (χ0n) is 7.86. The van der Waals surface area contributed by atoms with Crippen LogP contribution in [0.25, 0.3) is 10.8 Å². The SMILES string of the molecule is Cc1ccc2cc(C=O)ccc2c1.Cl.